The zero-order valence-corrected chi connectivity index (χ0v) is 8.53. The van der Waals surface area contributed by atoms with Crippen molar-refractivity contribution in [3.05, 3.63) is 29.8 Å². The van der Waals surface area contributed by atoms with Gasteiger partial charge in [-0.1, -0.05) is 12.1 Å². The van der Waals surface area contributed by atoms with Gasteiger partial charge in [-0.15, -0.1) is 0 Å². The lowest BCUT2D eigenvalue weighted by Gasteiger charge is -2.06. The first-order valence-electron chi connectivity index (χ1n) is 4.86. The molecular weight excluding hydrogens is 178 g/mol. The minimum Gasteiger partial charge on any atom is -0.492 e. The van der Waals surface area contributed by atoms with Gasteiger partial charge in [-0.2, -0.15) is 0 Å². The average Bonchev–Trinajstić information content (AvgIpc) is 2.24. The summed E-state index contributed by atoms with van der Waals surface area (Å²) in [4.78, 5) is 0. The summed E-state index contributed by atoms with van der Waals surface area (Å²) in [5.74, 6) is 0.854. The van der Waals surface area contributed by atoms with Gasteiger partial charge in [0, 0.05) is 13.2 Å². The molecule has 0 unspecified atom stereocenters. The molecule has 2 N–H and O–H groups in total. The molecule has 0 aliphatic carbocycles. The van der Waals surface area contributed by atoms with Gasteiger partial charge in [0.15, 0.2) is 0 Å². The molecule has 0 saturated carbocycles. The Morgan fingerprint density at radius 2 is 2.21 bits per heavy atom. The summed E-state index contributed by atoms with van der Waals surface area (Å²) in [6.07, 6.45) is 0. The number of hydrogen-bond acceptors (Lipinski definition) is 3. The second kappa shape index (κ2) is 6.40. The Morgan fingerprint density at radius 1 is 1.36 bits per heavy atom. The summed E-state index contributed by atoms with van der Waals surface area (Å²) in [6, 6.07) is 7.88. The van der Waals surface area contributed by atoms with E-state index in [4.69, 9.17) is 15.2 Å². The fraction of sp³-hybridized carbons (Fsp3) is 0.455. The maximum absolute atomic E-state index is 5.40. The van der Waals surface area contributed by atoms with Crippen molar-refractivity contribution in [2.45, 2.75) is 13.5 Å². The maximum atomic E-state index is 5.40. The van der Waals surface area contributed by atoms with Crippen molar-refractivity contribution in [2.75, 3.05) is 19.8 Å². The van der Waals surface area contributed by atoms with E-state index in [-0.39, 0.29) is 0 Å². The van der Waals surface area contributed by atoms with Crippen molar-refractivity contribution in [3.63, 3.8) is 0 Å². The monoisotopic (exact) mass is 195 g/mol. The lowest BCUT2D eigenvalue weighted by molar-refractivity contribution is 0.134. The summed E-state index contributed by atoms with van der Waals surface area (Å²) < 4.78 is 10.7. The highest BCUT2D eigenvalue weighted by Gasteiger charge is 1.96. The Bertz CT molecular complexity index is 240. The Balaban J connectivity index is 2.50. The number of ether oxygens (including phenoxy) is 2. The highest BCUT2D eigenvalue weighted by atomic mass is 16.5. The Labute approximate surface area is 84.8 Å². The molecule has 3 heteroatoms. The molecule has 0 aliphatic heterocycles. The first-order chi connectivity index (χ1) is 6.86. The minimum absolute atomic E-state index is 0.537. The molecule has 0 aliphatic rings. The van der Waals surface area contributed by atoms with Crippen molar-refractivity contribution in [1.29, 1.82) is 0 Å². The molecule has 1 rings (SSSR count). The molecule has 0 fully saturated rings. The first kappa shape index (κ1) is 11.0. The van der Waals surface area contributed by atoms with Gasteiger partial charge in [-0.05, 0) is 24.6 Å². The predicted molar refractivity (Wildman–Crippen MR) is 56.3 cm³/mol. The molecular formula is C11H17NO2. The van der Waals surface area contributed by atoms with E-state index in [0.29, 0.717) is 19.8 Å². The molecule has 0 amide bonds. The van der Waals surface area contributed by atoms with Gasteiger partial charge in [0.25, 0.3) is 0 Å². The van der Waals surface area contributed by atoms with Crippen LogP contribution in [0, 0.1) is 0 Å². The average molecular weight is 195 g/mol. The highest BCUT2D eigenvalue weighted by molar-refractivity contribution is 5.28. The summed E-state index contributed by atoms with van der Waals surface area (Å²) in [5, 5.41) is 0. The van der Waals surface area contributed by atoms with E-state index in [9.17, 15) is 0 Å². The standard InChI is InChI=1S/C11H17NO2/c1-2-13-9-10-4-3-5-11(8-10)14-7-6-12/h3-5,8H,2,6-7,9,12H2,1H3. The van der Waals surface area contributed by atoms with E-state index in [1.54, 1.807) is 0 Å². The highest BCUT2D eigenvalue weighted by Crippen LogP contribution is 2.13. The normalized spacial score (nSPS) is 10.1. The first-order valence-corrected chi connectivity index (χ1v) is 4.86. The van der Waals surface area contributed by atoms with Crippen LogP contribution in [-0.2, 0) is 11.3 Å². The largest absolute Gasteiger partial charge is 0.492 e. The number of benzene rings is 1. The minimum atomic E-state index is 0.537. The molecule has 0 spiro atoms. The lowest BCUT2D eigenvalue weighted by atomic mass is 10.2. The van der Waals surface area contributed by atoms with Crippen LogP contribution in [0.5, 0.6) is 5.75 Å². The second-order valence-electron chi connectivity index (χ2n) is 2.92. The van der Waals surface area contributed by atoms with Crippen LogP contribution in [0.3, 0.4) is 0 Å². The van der Waals surface area contributed by atoms with Gasteiger partial charge >= 0.3 is 0 Å². The SMILES string of the molecule is CCOCc1cccc(OCCN)c1. The van der Waals surface area contributed by atoms with Gasteiger partial charge in [0.05, 0.1) is 6.61 Å². The molecule has 0 aromatic heterocycles. The van der Waals surface area contributed by atoms with Crippen LogP contribution < -0.4 is 10.5 Å². The van der Waals surface area contributed by atoms with Crippen molar-refractivity contribution in [2.24, 2.45) is 5.73 Å². The van der Waals surface area contributed by atoms with Gasteiger partial charge in [-0.3, -0.25) is 0 Å². The number of hydrogen-bond donors (Lipinski definition) is 1. The molecule has 1 aromatic rings. The van der Waals surface area contributed by atoms with E-state index in [1.807, 2.05) is 31.2 Å². The van der Waals surface area contributed by atoms with E-state index < -0.39 is 0 Å². The number of nitrogens with two attached hydrogens (primary N) is 1. The van der Waals surface area contributed by atoms with Crippen LogP contribution in [-0.4, -0.2) is 19.8 Å². The maximum Gasteiger partial charge on any atom is 0.119 e. The van der Waals surface area contributed by atoms with Crippen LogP contribution in [0.4, 0.5) is 0 Å². The smallest absolute Gasteiger partial charge is 0.119 e. The van der Waals surface area contributed by atoms with Crippen LogP contribution in [0.1, 0.15) is 12.5 Å². The van der Waals surface area contributed by atoms with Crippen molar-refractivity contribution >= 4 is 0 Å². The molecule has 78 valence electrons. The summed E-state index contributed by atoms with van der Waals surface area (Å²) in [6.45, 7) is 4.44. The third kappa shape index (κ3) is 3.77. The van der Waals surface area contributed by atoms with Gasteiger partial charge in [0.1, 0.15) is 12.4 Å². The number of rotatable bonds is 6. The molecule has 0 saturated heterocycles. The van der Waals surface area contributed by atoms with Gasteiger partial charge in [0.2, 0.25) is 0 Å². The van der Waals surface area contributed by atoms with Gasteiger partial charge in [-0.25, -0.2) is 0 Å². The molecule has 0 radical (unpaired) electrons. The Morgan fingerprint density at radius 3 is 2.93 bits per heavy atom. The fourth-order valence-electron chi connectivity index (χ4n) is 1.12. The molecule has 0 atom stereocenters. The summed E-state index contributed by atoms with van der Waals surface area (Å²) in [7, 11) is 0. The van der Waals surface area contributed by atoms with E-state index >= 15 is 0 Å². The van der Waals surface area contributed by atoms with Crippen LogP contribution in [0.2, 0.25) is 0 Å². The molecule has 0 heterocycles. The lowest BCUT2D eigenvalue weighted by Crippen LogP contribution is -2.10. The Hall–Kier alpha value is -1.06. The van der Waals surface area contributed by atoms with Crippen LogP contribution in [0.15, 0.2) is 24.3 Å². The summed E-state index contributed by atoms with van der Waals surface area (Å²) in [5.41, 5.74) is 6.47. The molecule has 0 bridgehead atoms. The van der Waals surface area contributed by atoms with Crippen molar-refractivity contribution in [1.82, 2.24) is 0 Å². The zero-order chi connectivity index (χ0) is 10.2. The molecule has 3 nitrogen and oxygen atoms in total. The quantitative estimate of drug-likeness (QED) is 0.749. The zero-order valence-electron chi connectivity index (χ0n) is 8.53. The van der Waals surface area contributed by atoms with E-state index in [2.05, 4.69) is 0 Å². The van der Waals surface area contributed by atoms with Crippen molar-refractivity contribution in [3.8, 4) is 5.75 Å². The van der Waals surface area contributed by atoms with Crippen molar-refractivity contribution < 1.29 is 9.47 Å². The second-order valence-corrected chi connectivity index (χ2v) is 2.92. The van der Waals surface area contributed by atoms with Crippen LogP contribution >= 0.6 is 0 Å². The Kier molecular flexibility index (Phi) is 5.04. The molecule has 1 aromatic carbocycles. The topological polar surface area (TPSA) is 44.5 Å². The third-order valence-electron chi connectivity index (χ3n) is 1.76. The summed E-state index contributed by atoms with van der Waals surface area (Å²) >= 11 is 0. The van der Waals surface area contributed by atoms with E-state index in [0.717, 1.165) is 17.9 Å². The third-order valence-corrected chi connectivity index (χ3v) is 1.76. The predicted octanol–water partition coefficient (Wildman–Crippen LogP) is 1.56. The molecule has 14 heavy (non-hydrogen) atoms. The van der Waals surface area contributed by atoms with E-state index in [1.165, 1.54) is 0 Å². The fourth-order valence-corrected chi connectivity index (χ4v) is 1.12. The van der Waals surface area contributed by atoms with Crippen LogP contribution in [0.25, 0.3) is 0 Å². The van der Waals surface area contributed by atoms with Gasteiger partial charge < -0.3 is 15.2 Å².